The fourth-order valence-corrected chi connectivity index (χ4v) is 5.05. The number of nitrogens with one attached hydrogen (secondary N) is 1. The topological polar surface area (TPSA) is 71.0 Å². The molecule has 2 fully saturated rings. The maximum absolute atomic E-state index is 13.3. The van der Waals surface area contributed by atoms with Crippen LogP contribution in [0.3, 0.4) is 0 Å². The number of benzene rings is 3. The van der Waals surface area contributed by atoms with Crippen LogP contribution in [0.4, 0.5) is 4.39 Å². The summed E-state index contributed by atoms with van der Waals surface area (Å²) in [5.41, 5.74) is 2.89. The van der Waals surface area contributed by atoms with Crippen LogP contribution in [0.1, 0.15) is 47.7 Å². The largest absolute Gasteiger partial charge is 0.489 e. The summed E-state index contributed by atoms with van der Waals surface area (Å²) in [6.07, 6.45) is 3.81. The third-order valence-electron chi connectivity index (χ3n) is 7.19. The zero-order valence-electron chi connectivity index (χ0n) is 21.8. The first-order valence-electron chi connectivity index (χ1n) is 13.5. The summed E-state index contributed by atoms with van der Waals surface area (Å²) in [5.74, 6) is 0.183. The molecule has 0 bridgehead atoms. The lowest BCUT2D eigenvalue weighted by Gasteiger charge is -2.29. The van der Waals surface area contributed by atoms with Crippen LogP contribution in [0.25, 0.3) is 11.1 Å². The maximum atomic E-state index is 13.3. The van der Waals surface area contributed by atoms with Gasteiger partial charge in [-0.25, -0.2) is 4.39 Å². The smallest absolute Gasteiger partial charge is 0.188 e. The number of aliphatic hydroxyl groups is 1. The van der Waals surface area contributed by atoms with E-state index >= 15 is 0 Å². The van der Waals surface area contributed by atoms with Gasteiger partial charge in [0.1, 0.15) is 18.2 Å². The fourth-order valence-electron chi connectivity index (χ4n) is 4.82. The van der Waals surface area contributed by atoms with Gasteiger partial charge in [-0.3, -0.25) is 10.1 Å². The summed E-state index contributed by atoms with van der Waals surface area (Å²) >= 11 is 6.45. The van der Waals surface area contributed by atoms with Crippen molar-refractivity contribution in [3.05, 3.63) is 88.7 Å². The predicted octanol–water partition coefficient (Wildman–Crippen LogP) is 5.63. The number of ether oxygens (including phenoxy) is 2. The molecule has 8 heteroatoms. The number of Topliss-reactive ketones (excluding diaryl/α,β-unsaturated/α-hetero) is 1. The van der Waals surface area contributed by atoms with Crippen molar-refractivity contribution in [2.45, 2.75) is 43.9 Å². The Morgan fingerprint density at radius 2 is 1.82 bits per heavy atom. The van der Waals surface area contributed by atoms with E-state index in [0.29, 0.717) is 28.4 Å². The van der Waals surface area contributed by atoms with Crippen molar-refractivity contribution in [2.75, 3.05) is 33.0 Å². The third-order valence-corrected chi connectivity index (χ3v) is 7.49. The minimum absolute atomic E-state index is 0.106. The number of ketones is 1. The average molecular weight is 553 g/mol. The number of aliphatic hydroxyl groups excluding tert-OH is 1. The van der Waals surface area contributed by atoms with E-state index in [1.54, 1.807) is 36.4 Å². The molecule has 0 radical (unpaired) electrons. The monoisotopic (exact) mass is 552 g/mol. The number of nitrogens with zero attached hydrogens (tertiary/aromatic N) is 1. The second-order valence-electron chi connectivity index (χ2n) is 10.3. The molecule has 1 aliphatic heterocycles. The van der Waals surface area contributed by atoms with Gasteiger partial charge in [0.2, 0.25) is 0 Å². The van der Waals surface area contributed by atoms with Gasteiger partial charge in [0.25, 0.3) is 0 Å². The van der Waals surface area contributed by atoms with Crippen LogP contribution in [0.2, 0.25) is 5.02 Å². The van der Waals surface area contributed by atoms with E-state index in [4.69, 9.17) is 21.1 Å². The molecule has 0 amide bonds. The molecule has 3 aromatic carbocycles. The van der Waals surface area contributed by atoms with E-state index in [1.807, 2.05) is 18.2 Å². The van der Waals surface area contributed by atoms with Crippen LogP contribution >= 0.6 is 11.6 Å². The van der Waals surface area contributed by atoms with Crippen LogP contribution in [0.15, 0.2) is 66.7 Å². The molecule has 39 heavy (non-hydrogen) atoms. The van der Waals surface area contributed by atoms with Gasteiger partial charge in [0, 0.05) is 12.1 Å². The highest BCUT2D eigenvalue weighted by molar-refractivity contribution is 6.32. The Hall–Kier alpha value is -2.81. The first-order chi connectivity index (χ1) is 19.0. The summed E-state index contributed by atoms with van der Waals surface area (Å²) in [7, 11) is 0. The van der Waals surface area contributed by atoms with Crippen molar-refractivity contribution >= 4 is 17.4 Å². The molecule has 2 N–H and O–H groups in total. The molecule has 1 saturated carbocycles. The van der Waals surface area contributed by atoms with Crippen molar-refractivity contribution in [3.8, 4) is 16.9 Å². The molecule has 0 spiro atoms. The molecule has 6 nitrogen and oxygen atoms in total. The second kappa shape index (κ2) is 13.0. The quantitative estimate of drug-likeness (QED) is 0.163. The normalized spacial score (nSPS) is 17.2. The van der Waals surface area contributed by atoms with Crippen molar-refractivity contribution in [2.24, 2.45) is 0 Å². The van der Waals surface area contributed by atoms with Gasteiger partial charge in [0.15, 0.2) is 5.78 Å². The third kappa shape index (κ3) is 7.65. The number of halogens is 2. The molecule has 5 rings (SSSR count). The molecule has 1 saturated heterocycles. The minimum Gasteiger partial charge on any atom is -0.489 e. The van der Waals surface area contributed by atoms with Gasteiger partial charge in [0.05, 0.1) is 30.0 Å². The second-order valence-corrected chi connectivity index (χ2v) is 10.7. The van der Waals surface area contributed by atoms with Crippen molar-refractivity contribution < 1.29 is 23.8 Å². The lowest BCUT2D eigenvalue weighted by molar-refractivity contribution is 0.0519. The zero-order chi connectivity index (χ0) is 27.2. The van der Waals surface area contributed by atoms with E-state index in [0.717, 1.165) is 49.9 Å². The SMILES string of the molecule is O=C(COCN[C@H](CN1CCCC1)[C@H](O)c1ccc(OC2CC2)c(Cl)c1)c1cccc(-c2ccc(F)cc2)c1. The first-order valence-corrected chi connectivity index (χ1v) is 13.9. The highest BCUT2D eigenvalue weighted by atomic mass is 35.5. The van der Waals surface area contributed by atoms with Gasteiger partial charge in [-0.05, 0) is 85.8 Å². The maximum Gasteiger partial charge on any atom is 0.188 e. The number of hydrogen-bond acceptors (Lipinski definition) is 6. The molecular weight excluding hydrogens is 519 g/mol. The number of rotatable bonds is 13. The standard InChI is InChI=1S/C31H34ClFN2O4/c32-27-17-24(8-13-30(27)39-26-11-12-26)31(37)28(18-35-14-1-2-15-35)34-20-38-19-29(36)23-5-3-4-22(16-23)21-6-9-25(33)10-7-21/h3-10,13,16-17,26,28,31,34,37H,1-2,11-12,14-15,18-20H2/t28-,31-/m1/s1. The van der Waals surface area contributed by atoms with Crippen LogP contribution in [-0.2, 0) is 4.74 Å². The highest BCUT2D eigenvalue weighted by Crippen LogP contribution is 2.34. The summed E-state index contributed by atoms with van der Waals surface area (Å²) in [6.45, 7) is 2.63. The first kappa shape index (κ1) is 27.7. The number of carbonyl (C=O) groups is 1. The van der Waals surface area contributed by atoms with Crippen LogP contribution in [0, 0.1) is 5.82 Å². The molecule has 0 aromatic heterocycles. The zero-order valence-corrected chi connectivity index (χ0v) is 22.6. The number of hydrogen-bond donors (Lipinski definition) is 2. The van der Waals surface area contributed by atoms with E-state index in [-0.39, 0.29) is 37.1 Å². The van der Waals surface area contributed by atoms with Crippen molar-refractivity contribution in [1.29, 1.82) is 0 Å². The van der Waals surface area contributed by atoms with Crippen molar-refractivity contribution in [3.63, 3.8) is 0 Å². The van der Waals surface area contributed by atoms with E-state index in [9.17, 15) is 14.3 Å². The van der Waals surface area contributed by atoms with Crippen LogP contribution in [0.5, 0.6) is 5.75 Å². The predicted molar refractivity (Wildman–Crippen MR) is 150 cm³/mol. The lowest BCUT2D eigenvalue weighted by Crippen LogP contribution is -2.45. The Labute approximate surface area is 233 Å². The molecule has 2 atom stereocenters. The Bertz CT molecular complexity index is 1260. The van der Waals surface area contributed by atoms with E-state index in [1.165, 1.54) is 12.1 Å². The van der Waals surface area contributed by atoms with Gasteiger partial charge in [-0.2, -0.15) is 0 Å². The number of likely N-dealkylation sites (tertiary alicyclic amines) is 1. The highest BCUT2D eigenvalue weighted by Gasteiger charge is 2.27. The average Bonchev–Trinajstić information content (AvgIpc) is 3.62. The van der Waals surface area contributed by atoms with Gasteiger partial charge in [-0.1, -0.05) is 48.0 Å². The Morgan fingerprint density at radius 3 is 2.54 bits per heavy atom. The fraction of sp³-hybridized carbons (Fsp3) is 0.387. The van der Waals surface area contributed by atoms with Crippen LogP contribution in [-0.4, -0.2) is 60.9 Å². The number of carbonyl (C=O) groups excluding carboxylic acids is 1. The van der Waals surface area contributed by atoms with E-state index < -0.39 is 6.10 Å². The summed E-state index contributed by atoms with van der Waals surface area (Å²) in [6, 6.07) is 18.5. The Balaban J connectivity index is 1.18. The molecule has 1 aliphatic carbocycles. The van der Waals surface area contributed by atoms with Crippen molar-refractivity contribution in [1.82, 2.24) is 10.2 Å². The van der Waals surface area contributed by atoms with E-state index in [2.05, 4.69) is 10.2 Å². The van der Waals surface area contributed by atoms with Gasteiger partial charge < -0.3 is 19.5 Å². The molecule has 0 unspecified atom stereocenters. The van der Waals surface area contributed by atoms with Crippen LogP contribution < -0.4 is 10.1 Å². The summed E-state index contributed by atoms with van der Waals surface area (Å²) < 4.78 is 24.8. The molecule has 2 aliphatic rings. The molecule has 3 aromatic rings. The lowest BCUT2D eigenvalue weighted by atomic mass is 10.0. The summed E-state index contributed by atoms with van der Waals surface area (Å²) in [5, 5.41) is 15.0. The summed E-state index contributed by atoms with van der Waals surface area (Å²) in [4.78, 5) is 15.1. The Kier molecular flexibility index (Phi) is 9.27. The minimum atomic E-state index is -0.815. The molecular formula is C31H34ClFN2O4. The van der Waals surface area contributed by atoms with Gasteiger partial charge >= 0.3 is 0 Å². The Morgan fingerprint density at radius 1 is 1.05 bits per heavy atom. The molecule has 1 heterocycles. The molecule has 206 valence electrons. The van der Waals surface area contributed by atoms with Gasteiger partial charge in [-0.15, -0.1) is 0 Å².